The molecule has 2 aliphatic heterocycles. The van der Waals surface area contributed by atoms with Crippen molar-refractivity contribution >= 4 is 16.3 Å². The maximum atomic E-state index is 12.9. The Balaban J connectivity index is 2.00. The molecule has 134 valence electrons. The normalized spacial score (nSPS) is 30.8. The number of carbonyl (C=O) groups is 1. The lowest BCUT2D eigenvalue weighted by Crippen LogP contribution is -2.55. The van der Waals surface area contributed by atoms with E-state index in [1.54, 1.807) is 11.2 Å². The Morgan fingerprint density at radius 2 is 1.83 bits per heavy atom. The second-order valence-corrected chi connectivity index (χ2v) is 8.76. The summed E-state index contributed by atoms with van der Waals surface area (Å²) in [5.74, 6) is 0.763. The highest BCUT2D eigenvalue weighted by Gasteiger charge is 2.37. The van der Waals surface area contributed by atoms with Gasteiger partial charge in [0.15, 0.2) is 0 Å². The number of carbonyl (C=O) groups excluding carboxylic acids is 1. The lowest BCUT2D eigenvalue weighted by molar-refractivity contribution is 0.141. The Labute approximate surface area is 139 Å². The Hall–Kier alpha value is -0.860. The van der Waals surface area contributed by atoms with Crippen molar-refractivity contribution in [2.45, 2.75) is 46.1 Å². The molecule has 0 bridgehead atoms. The summed E-state index contributed by atoms with van der Waals surface area (Å²) in [4.78, 5) is 11.5. The van der Waals surface area contributed by atoms with Crippen LogP contribution in [0.4, 0.5) is 4.79 Å². The summed E-state index contributed by atoms with van der Waals surface area (Å²) in [6.07, 6.45) is 2.11. The first-order valence-corrected chi connectivity index (χ1v) is 9.91. The van der Waals surface area contributed by atoms with Crippen molar-refractivity contribution in [3.8, 4) is 0 Å². The molecule has 0 aliphatic carbocycles. The first-order valence-electron chi connectivity index (χ1n) is 8.51. The van der Waals surface area contributed by atoms with E-state index in [0.29, 0.717) is 44.6 Å². The molecule has 1 amide bonds. The molecule has 0 saturated carbocycles. The van der Waals surface area contributed by atoms with Crippen molar-refractivity contribution in [3.05, 3.63) is 0 Å². The summed E-state index contributed by atoms with van der Waals surface area (Å²) in [7, 11) is -3.46. The number of piperidine rings is 2. The number of ether oxygens (including phenoxy) is 1. The molecule has 2 aliphatic rings. The fourth-order valence-electron chi connectivity index (χ4n) is 3.57. The summed E-state index contributed by atoms with van der Waals surface area (Å²) >= 11 is 0. The predicted octanol–water partition coefficient (Wildman–Crippen LogP) is 1.42. The van der Waals surface area contributed by atoms with E-state index in [9.17, 15) is 13.2 Å². The molecule has 1 N–H and O–H groups in total. The zero-order valence-corrected chi connectivity index (χ0v) is 15.1. The SMILES string of the molecule is CCOC(=O)N[C@@H]1CCCN(S(=O)(=O)N2C[C@H](C)C[C@@H](C)C2)C1. The van der Waals surface area contributed by atoms with Crippen LogP contribution in [0.5, 0.6) is 0 Å². The van der Waals surface area contributed by atoms with Crippen LogP contribution in [0.3, 0.4) is 0 Å². The Kier molecular flexibility index (Phi) is 6.27. The van der Waals surface area contributed by atoms with Crippen LogP contribution in [0, 0.1) is 11.8 Å². The second-order valence-electron chi connectivity index (χ2n) is 6.83. The van der Waals surface area contributed by atoms with E-state index in [-0.39, 0.29) is 6.04 Å². The molecular weight excluding hydrogens is 318 g/mol. The van der Waals surface area contributed by atoms with E-state index in [2.05, 4.69) is 19.2 Å². The largest absolute Gasteiger partial charge is 0.450 e. The van der Waals surface area contributed by atoms with Gasteiger partial charge in [-0.1, -0.05) is 13.8 Å². The lowest BCUT2D eigenvalue weighted by atomic mass is 9.94. The van der Waals surface area contributed by atoms with Crippen molar-refractivity contribution in [3.63, 3.8) is 0 Å². The highest BCUT2D eigenvalue weighted by molar-refractivity contribution is 7.86. The molecule has 2 heterocycles. The van der Waals surface area contributed by atoms with Gasteiger partial charge in [-0.2, -0.15) is 17.0 Å². The minimum absolute atomic E-state index is 0.183. The number of rotatable bonds is 4. The molecule has 2 fully saturated rings. The number of hydrogen-bond acceptors (Lipinski definition) is 4. The summed E-state index contributed by atoms with van der Waals surface area (Å²) in [5.41, 5.74) is 0. The van der Waals surface area contributed by atoms with Crippen LogP contribution in [-0.4, -0.2) is 61.9 Å². The van der Waals surface area contributed by atoms with Gasteiger partial charge in [0.05, 0.1) is 6.61 Å². The maximum absolute atomic E-state index is 12.9. The van der Waals surface area contributed by atoms with Gasteiger partial charge in [-0.25, -0.2) is 4.79 Å². The lowest BCUT2D eigenvalue weighted by Gasteiger charge is -2.39. The van der Waals surface area contributed by atoms with Gasteiger partial charge in [0.2, 0.25) is 0 Å². The van der Waals surface area contributed by atoms with Crippen LogP contribution in [0.2, 0.25) is 0 Å². The number of hydrogen-bond donors (Lipinski definition) is 1. The van der Waals surface area contributed by atoms with Crippen molar-refractivity contribution in [2.75, 3.05) is 32.8 Å². The summed E-state index contributed by atoms with van der Waals surface area (Å²) in [6, 6.07) is -0.183. The average molecular weight is 347 g/mol. The van der Waals surface area contributed by atoms with E-state index in [4.69, 9.17) is 4.74 Å². The summed E-state index contributed by atoms with van der Waals surface area (Å²) in [6.45, 7) is 8.25. The molecule has 2 rings (SSSR count). The van der Waals surface area contributed by atoms with Crippen LogP contribution >= 0.6 is 0 Å². The molecule has 7 nitrogen and oxygen atoms in total. The van der Waals surface area contributed by atoms with Crippen LogP contribution in [0.25, 0.3) is 0 Å². The molecule has 2 saturated heterocycles. The van der Waals surface area contributed by atoms with Crippen molar-refractivity contribution < 1.29 is 17.9 Å². The molecule has 0 aromatic rings. The van der Waals surface area contributed by atoms with E-state index in [0.717, 1.165) is 19.3 Å². The quantitative estimate of drug-likeness (QED) is 0.834. The third-order valence-electron chi connectivity index (χ3n) is 4.47. The highest BCUT2D eigenvalue weighted by Crippen LogP contribution is 2.26. The second kappa shape index (κ2) is 7.81. The average Bonchev–Trinajstić information content (AvgIpc) is 2.46. The van der Waals surface area contributed by atoms with Crippen molar-refractivity contribution in [1.82, 2.24) is 13.9 Å². The monoisotopic (exact) mass is 347 g/mol. The van der Waals surface area contributed by atoms with Crippen LogP contribution in [-0.2, 0) is 14.9 Å². The molecular formula is C15H29N3O4S. The topological polar surface area (TPSA) is 79.0 Å². The fraction of sp³-hybridized carbons (Fsp3) is 0.933. The van der Waals surface area contributed by atoms with E-state index < -0.39 is 16.3 Å². The van der Waals surface area contributed by atoms with Gasteiger partial charge in [-0.3, -0.25) is 0 Å². The molecule has 0 radical (unpaired) electrons. The third kappa shape index (κ3) is 4.81. The molecule has 0 spiro atoms. The minimum Gasteiger partial charge on any atom is -0.450 e. The van der Waals surface area contributed by atoms with E-state index in [1.165, 1.54) is 4.31 Å². The number of amides is 1. The Bertz CT molecular complexity index is 501. The molecule has 0 aromatic heterocycles. The highest BCUT2D eigenvalue weighted by atomic mass is 32.2. The maximum Gasteiger partial charge on any atom is 0.407 e. The summed E-state index contributed by atoms with van der Waals surface area (Å²) < 4.78 is 33.8. The number of nitrogens with one attached hydrogen (secondary N) is 1. The van der Waals surface area contributed by atoms with Gasteiger partial charge < -0.3 is 10.1 Å². The zero-order valence-electron chi connectivity index (χ0n) is 14.3. The van der Waals surface area contributed by atoms with Gasteiger partial charge in [0.1, 0.15) is 0 Å². The Morgan fingerprint density at radius 3 is 2.43 bits per heavy atom. The van der Waals surface area contributed by atoms with Gasteiger partial charge in [0.25, 0.3) is 10.2 Å². The predicted molar refractivity (Wildman–Crippen MR) is 88.2 cm³/mol. The number of alkyl carbamates (subject to hydrolysis) is 1. The fourth-order valence-corrected chi connectivity index (χ4v) is 5.51. The van der Waals surface area contributed by atoms with Gasteiger partial charge in [-0.15, -0.1) is 0 Å². The summed E-state index contributed by atoms with van der Waals surface area (Å²) in [5, 5.41) is 2.76. The third-order valence-corrected chi connectivity index (χ3v) is 6.40. The van der Waals surface area contributed by atoms with Gasteiger partial charge in [-0.05, 0) is 38.0 Å². The number of nitrogens with zero attached hydrogens (tertiary/aromatic N) is 2. The minimum atomic E-state index is -3.46. The van der Waals surface area contributed by atoms with Gasteiger partial charge in [0, 0.05) is 32.2 Å². The van der Waals surface area contributed by atoms with Gasteiger partial charge >= 0.3 is 6.09 Å². The van der Waals surface area contributed by atoms with E-state index in [1.807, 2.05) is 0 Å². The molecule has 0 unspecified atom stereocenters. The smallest absolute Gasteiger partial charge is 0.407 e. The molecule has 3 atom stereocenters. The molecule has 0 aromatic carbocycles. The molecule has 23 heavy (non-hydrogen) atoms. The first-order chi connectivity index (χ1) is 10.8. The first kappa shape index (κ1) is 18.5. The van der Waals surface area contributed by atoms with Crippen molar-refractivity contribution in [1.29, 1.82) is 0 Å². The van der Waals surface area contributed by atoms with Crippen LogP contribution in [0.1, 0.15) is 40.0 Å². The van der Waals surface area contributed by atoms with Crippen LogP contribution < -0.4 is 5.32 Å². The molecule has 8 heteroatoms. The van der Waals surface area contributed by atoms with E-state index >= 15 is 0 Å². The van der Waals surface area contributed by atoms with Crippen molar-refractivity contribution in [2.24, 2.45) is 11.8 Å². The van der Waals surface area contributed by atoms with Crippen LogP contribution in [0.15, 0.2) is 0 Å². The Morgan fingerprint density at radius 1 is 1.17 bits per heavy atom. The standard InChI is InChI=1S/C15H29N3O4S/c1-4-22-15(19)16-14-6-5-7-17(11-14)23(20,21)18-9-12(2)8-13(3)10-18/h12-14H,4-11H2,1-3H3,(H,16,19)/t12-,13-,14-/m1/s1. The zero-order chi connectivity index (χ0) is 17.0.